The fraction of sp³-hybridized carbons (Fsp3) is 0.400. The number of benzene rings is 1. The standard InChI is InChI=1S/C10H14Br2N2O2S.ClH/c11-8-3-4-9(12)10(7-8)17(15,16)14-6-2-1-5-13;/h3-4,7,14H,1-2,5-6,13H2;1H. The Morgan fingerprint density at radius 3 is 2.50 bits per heavy atom. The maximum absolute atomic E-state index is 12.0. The third kappa shape index (κ3) is 5.54. The zero-order valence-corrected chi connectivity index (χ0v) is 14.3. The van der Waals surface area contributed by atoms with Crippen LogP contribution in [-0.2, 0) is 10.0 Å². The van der Waals surface area contributed by atoms with Crippen LogP contribution in [0.2, 0.25) is 0 Å². The van der Waals surface area contributed by atoms with Gasteiger partial charge in [-0.15, -0.1) is 12.4 Å². The van der Waals surface area contributed by atoms with Crippen LogP contribution in [0.25, 0.3) is 0 Å². The Labute approximate surface area is 130 Å². The summed E-state index contributed by atoms with van der Waals surface area (Å²) in [5, 5.41) is 0. The molecular weight excluding hydrogens is 407 g/mol. The highest BCUT2D eigenvalue weighted by molar-refractivity contribution is 9.11. The lowest BCUT2D eigenvalue weighted by Gasteiger charge is -2.08. The second kappa shape index (κ2) is 8.50. The normalized spacial score (nSPS) is 11.1. The van der Waals surface area contributed by atoms with Crippen molar-refractivity contribution in [1.82, 2.24) is 4.72 Å². The van der Waals surface area contributed by atoms with Gasteiger partial charge in [0.25, 0.3) is 0 Å². The summed E-state index contributed by atoms with van der Waals surface area (Å²) in [5.41, 5.74) is 5.34. The minimum Gasteiger partial charge on any atom is -0.330 e. The molecular formula is C10H15Br2ClN2O2S. The molecule has 0 saturated heterocycles. The van der Waals surface area contributed by atoms with Crippen LogP contribution in [0.5, 0.6) is 0 Å². The molecule has 0 atom stereocenters. The van der Waals surface area contributed by atoms with Gasteiger partial charge < -0.3 is 5.73 Å². The molecule has 104 valence electrons. The first kappa shape index (κ1) is 18.3. The summed E-state index contributed by atoms with van der Waals surface area (Å²) in [6.07, 6.45) is 1.55. The van der Waals surface area contributed by atoms with Gasteiger partial charge in [0.15, 0.2) is 0 Å². The Bertz CT molecular complexity index is 483. The molecule has 3 N–H and O–H groups in total. The molecule has 0 spiro atoms. The lowest BCUT2D eigenvalue weighted by molar-refractivity contribution is 0.576. The molecule has 0 aliphatic carbocycles. The number of sulfonamides is 1. The summed E-state index contributed by atoms with van der Waals surface area (Å²) in [7, 11) is -3.46. The molecule has 4 nitrogen and oxygen atoms in total. The second-order valence-electron chi connectivity index (χ2n) is 3.47. The van der Waals surface area contributed by atoms with Crippen LogP contribution in [0.15, 0.2) is 32.0 Å². The molecule has 0 radical (unpaired) electrons. The minimum atomic E-state index is -3.46. The lowest BCUT2D eigenvalue weighted by Crippen LogP contribution is -2.25. The first-order valence-corrected chi connectivity index (χ1v) is 8.19. The van der Waals surface area contributed by atoms with Crippen LogP contribution in [0.4, 0.5) is 0 Å². The first-order chi connectivity index (χ1) is 7.97. The van der Waals surface area contributed by atoms with E-state index in [4.69, 9.17) is 5.73 Å². The van der Waals surface area contributed by atoms with Gasteiger partial charge in [-0.1, -0.05) is 15.9 Å². The van der Waals surface area contributed by atoms with Gasteiger partial charge in [0.1, 0.15) is 0 Å². The smallest absolute Gasteiger partial charge is 0.241 e. The summed E-state index contributed by atoms with van der Waals surface area (Å²) in [6, 6.07) is 5.03. The van der Waals surface area contributed by atoms with Crippen molar-refractivity contribution in [3.05, 3.63) is 27.1 Å². The monoisotopic (exact) mass is 420 g/mol. The molecule has 18 heavy (non-hydrogen) atoms. The highest BCUT2D eigenvalue weighted by Crippen LogP contribution is 2.25. The second-order valence-corrected chi connectivity index (χ2v) is 6.97. The van der Waals surface area contributed by atoms with E-state index in [9.17, 15) is 8.42 Å². The molecule has 0 aliphatic heterocycles. The Kier molecular flexibility index (Phi) is 8.66. The maximum atomic E-state index is 12.0. The van der Waals surface area contributed by atoms with Crippen LogP contribution in [0.3, 0.4) is 0 Å². The number of rotatable bonds is 6. The van der Waals surface area contributed by atoms with Crippen LogP contribution >= 0.6 is 44.3 Å². The summed E-state index contributed by atoms with van der Waals surface area (Å²) >= 11 is 6.48. The third-order valence-electron chi connectivity index (χ3n) is 2.11. The summed E-state index contributed by atoms with van der Waals surface area (Å²) in [6.45, 7) is 0.973. The largest absolute Gasteiger partial charge is 0.330 e. The van der Waals surface area contributed by atoms with E-state index in [1.165, 1.54) is 0 Å². The fourth-order valence-corrected chi connectivity index (χ4v) is 3.81. The highest BCUT2D eigenvalue weighted by Gasteiger charge is 2.17. The van der Waals surface area contributed by atoms with Crippen LogP contribution in [0.1, 0.15) is 12.8 Å². The number of unbranched alkanes of at least 4 members (excludes halogenated alkanes) is 1. The van der Waals surface area contributed by atoms with Crippen molar-refractivity contribution in [1.29, 1.82) is 0 Å². The van der Waals surface area contributed by atoms with E-state index in [2.05, 4.69) is 36.6 Å². The molecule has 0 saturated carbocycles. The highest BCUT2D eigenvalue weighted by atomic mass is 79.9. The van der Waals surface area contributed by atoms with Gasteiger partial charge in [-0.2, -0.15) is 0 Å². The number of nitrogens with one attached hydrogen (secondary N) is 1. The van der Waals surface area contributed by atoms with E-state index in [1.807, 2.05) is 0 Å². The zero-order valence-electron chi connectivity index (χ0n) is 9.53. The topological polar surface area (TPSA) is 72.2 Å². The Morgan fingerprint density at radius 2 is 1.89 bits per heavy atom. The van der Waals surface area contributed by atoms with E-state index in [1.54, 1.807) is 18.2 Å². The fourth-order valence-electron chi connectivity index (χ4n) is 1.24. The summed E-state index contributed by atoms with van der Waals surface area (Å²) in [4.78, 5) is 0.236. The molecule has 1 aromatic rings. The maximum Gasteiger partial charge on any atom is 0.241 e. The molecule has 0 aromatic heterocycles. The van der Waals surface area contributed by atoms with Crippen molar-refractivity contribution >= 4 is 54.3 Å². The molecule has 0 fully saturated rings. The number of nitrogens with two attached hydrogens (primary N) is 1. The van der Waals surface area contributed by atoms with Crippen LogP contribution in [-0.4, -0.2) is 21.5 Å². The van der Waals surface area contributed by atoms with E-state index in [0.29, 0.717) is 17.6 Å². The van der Waals surface area contributed by atoms with Gasteiger partial charge in [-0.3, -0.25) is 0 Å². The predicted octanol–water partition coefficient (Wildman–Crippen LogP) is 2.65. The summed E-state index contributed by atoms with van der Waals surface area (Å²) < 4.78 is 27.8. The quantitative estimate of drug-likeness (QED) is 0.693. The Hall–Kier alpha value is 0.340. The molecule has 0 aliphatic rings. The van der Waals surface area contributed by atoms with Gasteiger partial charge in [-0.25, -0.2) is 13.1 Å². The van der Waals surface area contributed by atoms with E-state index < -0.39 is 10.0 Å². The molecule has 0 amide bonds. The first-order valence-electron chi connectivity index (χ1n) is 5.12. The van der Waals surface area contributed by atoms with E-state index >= 15 is 0 Å². The summed E-state index contributed by atoms with van der Waals surface area (Å²) in [5.74, 6) is 0. The number of hydrogen-bond donors (Lipinski definition) is 2. The van der Waals surface area contributed by atoms with Crippen molar-refractivity contribution < 1.29 is 8.42 Å². The molecule has 1 rings (SSSR count). The van der Waals surface area contributed by atoms with E-state index in [0.717, 1.165) is 17.3 Å². The van der Waals surface area contributed by atoms with Crippen molar-refractivity contribution in [2.75, 3.05) is 13.1 Å². The number of halogens is 3. The molecule has 0 bridgehead atoms. The SMILES string of the molecule is Cl.NCCCCNS(=O)(=O)c1cc(Br)ccc1Br. The molecule has 8 heteroatoms. The molecule has 1 aromatic carbocycles. The predicted molar refractivity (Wildman–Crippen MR) is 82.6 cm³/mol. The van der Waals surface area contributed by atoms with Crippen molar-refractivity contribution in [2.45, 2.75) is 17.7 Å². The average molecular weight is 423 g/mol. The van der Waals surface area contributed by atoms with Gasteiger partial charge in [0, 0.05) is 15.5 Å². The van der Waals surface area contributed by atoms with Gasteiger partial charge in [0.2, 0.25) is 10.0 Å². The Morgan fingerprint density at radius 1 is 1.22 bits per heavy atom. The van der Waals surface area contributed by atoms with E-state index in [-0.39, 0.29) is 17.3 Å². The Balaban J connectivity index is 0.00000289. The lowest BCUT2D eigenvalue weighted by atomic mass is 10.3. The van der Waals surface area contributed by atoms with Crippen molar-refractivity contribution in [2.24, 2.45) is 5.73 Å². The van der Waals surface area contributed by atoms with Crippen LogP contribution < -0.4 is 10.5 Å². The molecule has 0 heterocycles. The van der Waals surface area contributed by atoms with Gasteiger partial charge >= 0.3 is 0 Å². The minimum absolute atomic E-state index is 0. The zero-order chi connectivity index (χ0) is 12.9. The van der Waals surface area contributed by atoms with Gasteiger partial charge in [0.05, 0.1) is 4.90 Å². The van der Waals surface area contributed by atoms with Gasteiger partial charge in [-0.05, 0) is 53.5 Å². The van der Waals surface area contributed by atoms with Crippen molar-refractivity contribution in [3.63, 3.8) is 0 Å². The molecule has 0 unspecified atom stereocenters. The van der Waals surface area contributed by atoms with Crippen molar-refractivity contribution in [3.8, 4) is 0 Å². The third-order valence-corrected chi connectivity index (χ3v) is 5.05. The van der Waals surface area contributed by atoms with Crippen LogP contribution in [0, 0.1) is 0 Å². The number of hydrogen-bond acceptors (Lipinski definition) is 3. The average Bonchev–Trinajstić information content (AvgIpc) is 2.28.